The van der Waals surface area contributed by atoms with Gasteiger partial charge < -0.3 is 5.32 Å². The number of benzene rings is 3. The van der Waals surface area contributed by atoms with Gasteiger partial charge in [-0.2, -0.15) is 0 Å². The number of nitrogens with one attached hydrogen (secondary N) is 1. The summed E-state index contributed by atoms with van der Waals surface area (Å²) in [7, 11) is 0. The van der Waals surface area contributed by atoms with Crippen molar-refractivity contribution in [2.24, 2.45) is 0 Å². The summed E-state index contributed by atoms with van der Waals surface area (Å²) < 4.78 is 1.11. The summed E-state index contributed by atoms with van der Waals surface area (Å²) in [5.41, 5.74) is 1.89. The van der Waals surface area contributed by atoms with Gasteiger partial charge in [0.25, 0.3) is 0 Å². The van der Waals surface area contributed by atoms with Gasteiger partial charge in [0.15, 0.2) is 0 Å². The van der Waals surface area contributed by atoms with Crippen molar-refractivity contribution in [3.05, 3.63) is 75.9 Å². The van der Waals surface area contributed by atoms with E-state index in [4.69, 9.17) is 0 Å². The van der Waals surface area contributed by atoms with Gasteiger partial charge in [0.1, 0.15) is 0 Å². The van der Waals surface area contributed by atoms with Crippen LogP contribution in [-0.4, -0.2) is 5.91 Å². The molecule has 0 unspecified atom stereocenters. The number of carbonyl (C=O) groups excluding carboxylic acids is 1. The lowest BCUT2D eigenvalue weighted by Gasteiger charge is -2.08. The Morgan fingerprint density at radius 1 is 0.952 bits per heavy atom. The van der Waals surface area contributed by atoms with Crippen molar-refractivity contribution in [2.75, 3.05) is 5.32 Å². The minimum atomic E-state index is 0.00773. The van der Waals surface area contributed by atoms with E-state index < -0.39 is 0 Å². The maximum absolute atomic E-state index is 12.2. The molecule has 3 rings (SSSR count). The van der Waals surface area contributed by atoms with Crippen LogP contribution in [0.25, 0.3) is 10.8 Å². The molecule has 1 amide bonds. The van der Waals surface area contributed by atoms with Crippen LogP contribution in [0.3, 0.4) is 0 Å². The molecule has 0 saturated heterocycles. The number of carbonyl (C=O) groups is 1. The van der Waals surface area contributed by atoms with Crippen molar-refractivity contribution in [3.63, 3.8) is 0 Å². The van der Waals surface area contributed by atoms with Crippen molar-refractivity contribution < 1.29 is 4.79 Å². The van der Waals surface area contributed by atoms with Crippen molar-refractivity contribution in [3.8, 4) is 0 Å². The van der Waals surface area contributed by atoms with Crippen LogP contribution >= 0.6 is 22.6 Å². The van der Waals surface area contributed by atoms with Crippen LogP contribution in [0.15, 0.2) is 66.7 Å². The predicted molar refractivity (Wildman–Crippen MR) is 95.4 cm³/mol. The van der Waals surface area contributed by atoms with Gasteiger partial charge in [-0.1, -0.05) is 48.5 Å². The molecule has 104 valence electrons. The van der Waals surface area contributed by atoms with E-state index in [9.17, 15) is 4.79 Å². The smallest absolute Gasteiger partial charge is 0.228 e. The van der Waals surface area contributed by atoms with Gasteiger partial charge in [0.2, 0.25) is 5.91 Å². The maximum atomic E-state index is 12.2. The number of amides is 1. The van der Waals surface area contributed by atoms with Gasteiger partial charge in [-0.05, 0) is 57.1 Å². The molecule has 0 aromatic heterocycles. The van der Waals surface area contributed by atoms with E-state index in [1.54, 1.807) is 0 Å². The van der Waals surface area contributed by atoms with Crippen molar-refractivity contribution in [1.29, 1.82) is 0 Å². The Labute approximate surface area is 137 Å². The molecule has 0 spiro atoms. The molecule has 0 radical (unpaired) electrons. The molecule has 21 heavy (non-hydrogen) atoms. The van der Waals surface area contributed by atoms with Crippen LogP contribution in [0.2, 0.25) is 0 Å². The normalized spacial score (nSPS) is 10.5. The van der Waals surface area contributed by atoms with Gasteiger partial charge in [-0.15, -0.1) is 0 Å². The first kappa shape index (κ1) is 14.1. The van der Waals surface area contributed by atoms with Gasteiger partial charge in [-0.3, -0.25) is 4.79 Å². The molecule has 0 aliphatic rings. The topological polar surface area (TPSA) is 29.1 Å². The van der Waals surface area contributed by atoms with E-state index >= 15 is 0 Å². The van der Waals surface area contributed by atoms with Gasteiger partial charge in [-0.25, -0.2) is 0 Å². The zero-order chi connectivity index (χ0) is 14.7. The van der Waals surface area contributed by atoms with Crippen LogP contribution in [0.1, 0.15) is 5.56 Å². The second kappa shape index (κ2) is 6.26. The van der Waals surface area contributed by atoms with E-state index in [0.29, 0.717) is 6.42 Å². The highest BCUT2D eigenvalue weighted by molar-refractivity contribution is 14.1. The van der Waals surface area contributed by atoms with E-state index in [1.165, 1.54) is 0 Å². The van der Waals surface area contributed by atoms with Gasteiger partial charge in [0.05, 0.1) is 6.42 Å². The molecule has 0 aliphatic carbocycles. The van der Waals surface area contributed by atoms with Crippen molar-refractivity contribution in [2.45, 2.75) is 6.42 Å². The number of rotatable bonds is 3. The fourth-order valence-corrected chi connectivity index (χ4v) is 2.93. The van der Waals surface area contributed by atoms with E-state index in [1.807, 2.05) is 48.5 Å². The molecule has 3 aromatic carbocycles. The second-order valence-electron chi connectivity index (χ2n) is 4.87. The lowest BCUT2D eigenvalue weighted by molar-refractivity contribution is -0.115. The molecule has 2 nitrogen and oxygen atoms in total. The number of hydrogen-bond donors (Lipinski definition) is 1. The Hall–Kier alpha value is -1.88. The standard InChI is InChI=1S/C18H14INO/c19-15-8-4-9-16(12-15)20-18(21)11-14-7-3-6-13-5-1-2-10-17(13)14/h1-10,12H,11H2,(H,20,21). The molecule has 3 heteroatoms. The zero-order valence-corrected chi connectivity index (χ0v) is 13.5. The number of anilines is 1. The molecule has 0 fully saturated rings. The van der Waals surface area contributed by atoms with Gasteiger partial charge in [0, 0.05) is 9.26 Å². The first-order valence-corrected chi connectivity index (χ1v) is 7.82. The average Bonchev–Trinajstić information content (AvgIpc) is 2.47. The molecule has 0 aliphatic heterocycles. The highest BCUT2D eigenvalue weighted by atomic mass is 127. The van der Waals surface area contributed by atoms with Crippen LogP contribution in [0.4, 0.5) is 5.69 Å². The van der Waals surface area contributed by atoms with Crippen LogP contribution in [0, 0.1) is 3.57 Å². The second-order valence-corrected chi connectivity index (χ2v) is 6.12. The lowest BCUT2D eigenvalue weighted by Crippen LogP contribution is -2.14. The first-order chi connectivity index (χ1) is 10.2. The third kappa shape index (κ3) is 3.42. The maximum Gasteiger partial charge on any atom is 0.228 e. The summed E-state index contributed by atoms with van der Waals surface area (Å²) in [6, 6.07) is 22.0. The molecule has 3 aromatic rings. The van der Waals surface area contributed by atoms with E-state index in [2.05, 4.69) is 46.1 Å². The zero-order valence-electron chi connectivity index (χ0n) is 11.3. The molecule has 0 atom stereocenters. The number of fused-ring (bicyclic) bond motifs is 1. The summed E-state index contributed by atoms with van der Waals surface area (Å²) in [5, 5.41) is 5.25. The van der Waals surface area contributed by atoms with Crippen LogP contribution in [0.5, 0.6) is 0 Å². The quantitative estimate of drug-likeness (QED) is 0.653. The Kier molecular flexibility index (Phi) is 4.20. The predicted octanol–water partition coefficient (Wildman–Crippen LogP) is 4.63. The molecular formula is C18H14INO. The summed E-state index contributed by atoms with van der Waals surface area (Å²) >= 11 is 2.24. The van der Waals surface area contributed by atoms with Crippen molar-refractivity contribution >= 4 is 45.0 Å². The Bertz CT molecular complexity index is 793. The Morgan fingerprint density at radius 3 is 2.57 bits per heavy atom. The molecular weight excluding hydrogens is 373 g/mol. The minimum absolute atomic E-state index is 0.00773. The Balaban J connectivity index is 1.80. The van der Waals surface area contributed by atoms with Crippen LogP contribution < -0.4 is 5.32 Å². The molecule has 0 heterocycles. The molecule has 0 saturated carbocycles. The van der Waals surface area contributed by atoms with Gasteiger partial charge >= 0.3 is 0 Å². The lowest BCUT2D eigenvalue weighted by atomic mass is 10.0. The monoisotopic (exact) mass is 387 g/mol. The van der Waals surface area contributed by atoms with Crippen LogP contribution in [-0.2, 0) is 11.2 Å². The van der Waals surface area contributed by atoms with E-state index in [0.717, 1.165) is 25.6 Å². The molecule has 1 N–H and O–H groups in total. The highest BCUT2D eigenvalue weighted by Crippen LogP contribution is 2.19. The first-order valence-electron chi connectivity index (χ1n) is 6.74. The SMILES string of the molecule is O=C(Cc1cccc2ccccc12)Nc1cccc(I)c1. The minimum Gasteiger partial charge on any atom is -0.326 e. The highest BCUT2D eigenvalue weighted by Gasteiger charge is 2.07. The third-order valence-electron chi connectivity index (χ3n) is 3.34. The van der Waals surface area contributed by atoms with Crippen molar-refractivity contribution in [1.82, 2.24) is 0 Å². The third-order valence-corrected chi connectivity index (χ3v) is 4.01. The fraction of sp³-hybridized carbons (Fsp3) is 0.0556. The summed E-state index contributed by atoms with van der Waals surface area (Å²) in [5.74, 6) is 0.00773. The largest absolute Gasteiger partial charge is 0.326 e. The van der Waals surface area contributed by atoms with E-state index in [-0.39, 0.29) is 5.91 Å². The Morgan fingerprint density at radius 2 is 1.71 bits per heavy atom. The summed E-state index contributed by atoms with van der Waals surface area (Å²) in [6.07, 6.45) is 0.382. The summed E-state index contributed by atoms with van der Waals surface area (Å²) in [4.78, 5) is 12.2. The number of hydrogen-bond acceptors (Lipinski definition) is 1. The fourth-order valence-electron chi connectivity index (χ4n) is 2.39. The molecule has 0 bridgehead atoms. The average molecular weight is 387 g/mol. The number of halogens is 1. The summed E-state index contributed by atoms with van der Waals surface area (Å²) in [6.45, 7) is 0.